The fourth-order valence-electron chi connectivity index (χ4n) is 7.26. The lowest BCUT2D eigenvalue weighted by Gasteiger charge is -2.16. The van der Waals surface area contributed by atoms with Crippen LogP contribution in [0, 0.1) is 17.9 Å². The average Bonchev–Trinajstić information content (AvgIpc) is 3.67. The van der Waals surface area contributed by atoms with Crippen LogP contribution in [0.3, 0.4) is 0 Å². The molecule has 0 unspecified atom stereocenters. The van der Waals surface area contributed by atoms with Gasteiger partial charge < -0.3 is 9.13 Å². The van der Waals surface area contributed by atoms with Crippen molar-refractivity contribution in [1.29, 1.82) is 5.26 Å². The zero-order valence-corrected chi connectivity index (χ0v) is 25.8. The van der Waals surface area contributed by atoms with E-state index in [-0.39, 0.29) is 0 Å². The van der Waals surface area contributed by atoms with Crippen molar-refractivity contribution in [3.63, 3.8) is 0 Å². The van der Waals surface area contributed by atoms with E-state index in [1.54, 1.807) is 0 Å². The molecule has 0 atom stereocenters. The molecule has 7 aromatic carbocycles. The van der Waals surface area contributed by atoms with Gasteiger partial charge in [-0.3, -0.25) is 0 Å². The molecular formula is C44H26N4. The summed E-state index contributed by atoms with van der Waals surface area (Å²) in [6.07, 6.45) is 0. The van der Waals surface area contributed by atoms with Gasteiger partial charge in [-0.15, -0.1) is 0 Å². The molecule has 0 amide bonds. The van der Waals surface area contributed by atoms with Gasteiger partial charge in [0.2, 0.25) is 0 Å². The molecule has 0 saturated carbocycles. The summed E-state index contributed by atoms with van der Waals surface area (Å²) in [4.78, 5) is 3.94. The first-order chi connectivity index (χ1) is 23.7. The smallest absolute Gasteiger partial charge is 0.195 e. The number of para-hydroxylation sites is 4. The standard InChI is InChI=1S/C44H26N4/c1-46-39-23-22-32(47-40-17-6-2-13-33(40)34-14-3-7-18-41(34)47)27-37(39)30-11-10-12-31(26-30)38-25-29(28-45)21-24-44(38)48-42-19-8-4-15-35(42)36-16-5-9-20-43(36)48/h2-27H. The van der Waals surface area contributed by atoms with Crippen LogP contribution >= 0.6 is 0 Å². The highest BCUT2D eigenvalue weighted by molar-refractivity contribution is 6.10. The van der Waals surface area contributed by atoms with E-state index >= 15 is 0 Å². The Hall–Kier alpha value is -6.88. The van der Waals surface area contributed by atoms with Crippen molar-refractivity contribution >= 4 is 49.3 Å². The molecule has 48 heavy (non-hydrogen) atoms. The maximum Gasteiger partial charge on any atom is 0.195 e. The zero-order chi connectivity index (χ0) is 32.2. The fraction of sp³-hybridized carbons (Fsp3) is 0. The first-order valence-electron chi connectivity index (χ1n) is 15.9. The van der Waals surface area contributed by atoms with Gasteiger partial charge in [-0.05, 0) is 77.4 Å². The van der Waals surface area contributed by atoms with Gasteiger partial charge in [-0.25, -0.2) is 4.85 Å². The van der Waals surface area contributed by atoms with E-state index in [9.17, 15) is 5.26 Å². The molecule has 0 aliphatic rings. The molecule has 0 aliphatic carbocycles. The Morgan fingerprint density at radius 2 is 1.00 bits per heavy atom. The van der Waals surface area contributed by atoms with Crippen LogP contribution in [-0.2, 0) is 0 Å². The van der Waals surface area contributed by atoms with Crippen LogP contribution in [0.15, 0.2) is 158 Å². The third-order valence-corrected chi connectivity index (χ3v) is 9.37. The van der Waals surface area contributed by atoms with Crippen LogP contribution in [0.1, 0.15) is 5.56 Å². The predicted molar refractivity (Wildman–Crippen MR) is 197 cm³/mol. The Bertz CT molecular complexity index is 2710. The highest BCUT2D eigenvalue weighted by Gasteiger charge is 2.18. The summed E-state index contributed by atoms with van der Waals surface area (Å²) >= 11 is 0. The van der Waals surface area contributed by atoms with Gasteiger partial charge in [0.05, 0.1) is 46.0 Å². The highest BCUT2D eigenvalue weighted by Crippen LogP contribution is 2.40. The van der Waals surface area contributed by atoms with E-state index in [0.29, 0.717) is 11.3 Å². The second kappa shape index (κ2) is 10.9. The first-order valence-corrected chi connectivity index (χ1v) is 15.9. The van der Waals surface area contributed by atoms with Crippen molar-refractivity contribution < 1.29 is 0 Å². The quantitative estimate of drug-likeness (QED) is 0.183. The molecule has 0 saturated heterocycles. The summed E-state index contributed by atoms with van der Waals surface area (Å²) in [5.41, 5.74) is 11.4. The highest BCUT2D eigenvalue weighted by atomic mass is 15.0. The lowest BCUT2D eigenvalue weighted by atomic mass is 9.95. The molecule has 9 rings (SSSR count). The first kappa shape index (κ1) is 27.4. The van der Waals surface area contributed by atoms with Gasteiger partial charge in [-0.1, -0.05) is 97.1 Å². The molecule has 2 aromatic heterocycles. The molecule has 4 heteroatoms. The number of nitrogens with zero attached hydrogens (tertiary/aromatic N) is 4. The van der Waals surface area contributed by atoms with Crippen molar-refractivity contribution in [2.24, 2.45) is 0 Å². The minimum Gasteiger partial charge on any atom is -0.309 e. The molecule has 0 bridgehead atoms. The second-order valence-corrected chi connectivity index (χ2v) is 12.0. The van der Waals surface area contributed by atoms with Crippen LogP contribution in [0.2, 0.25) is 0 Å². The summed E-state index contributed by atoms with van der Waals surface area (Å²) < 4.78 is 4.57. The van der Waals surface area contributed by atoms with Crippen molar-refractivity contribution in [2.75, 3.05) is 0 Å². The van der Waals surface area contributed by atoms with Gasteiger partial charge >= 0.3 is 0 Å². The van der Waals surface area contributed by atoms with Crippen LogP contribution in [-0.4, -0.2) is 9.13 Å². The summed E-state index contributed by atoms with van der Waals surface area (Å²) in [5, 5.41) is 14.7. The zero-order valence-electron chi connectivity index (χ0n) is 25.8. The van der Waals surface area contributed by atoms with Crippen LogP contribution < -0.4 is 0 Å². The maximum atomic E-state index is 9.95. The summed E-state index contributed by atoms with van der Waals surface area (Å²) in [6.45, 7) is 8.07. The number of benzene rings is 7. The minimum absolute atomic E-state index is 0.588. The molecular weight excluding hydrogens is 585 g/mol. The summed E-state index contributed by atoms with van der Waals surface area (Å²) in [5.74, 6) is 0. The van der Waals surface area contributed by atoms with Gasteiger partial charge in [0.25, 0.3) is 0 Å². The Morgan fingerprint density at radius 3 is 1.54 bits per heavy atom. The Balaban J connectivity index is 1.26. The third kappa shape index (κ3) is 4.14. The second-order valence-electron chi connectivity index (χ2n) is 12.0. The molecule has 9 aromatic rings. The van der Waals surface area contributed by atoms with E-state index < -0.39 is 0 Å². The largest absolute Gasteiger partial charge is 0.309 e. The van der Waals surface area contributed by atoms with Gasteiger partial charge in [0, 0.05) is 32.8 Å². The third-order valence-electron chi connectivity index (χ3n) is 9.37. The molecule has 2 heterocycles. The summed E-state index contributed by atoms with van der Waals surface area (Å²) in [6, 6.07) is 56.5. The minimum atomic E-state index is 0.588. The van der Waals surface area contributed by atoms with Crippen molar-refractivity contribution in [3.8, 4) is 39.7 Å². The molecule has 0 N–H and O–H groups in total. The van der Waals surface area contributed by atoms with Crippen LogP contribution in [0.5, 0.6) is 0 Å². The van der Waals surface area contributed by atoms with Crippen molar-refractivity contribution in [3.05, 3.63) is 175 Å². The number of nitriles is 1. The van der Waals surface area contributed by atoms with E-state index in [4.69, 9.17) is 6.57 Å². The number of fused-ring (bicyclic) bond motifs is 6. The number of rotatable bonds is 4. The Labute approximate surface area is 277 Å². The lowest BCUT2D eigenvalue weighted by molar-refractivity contribution is 1.18. The molecule has 4 nitrogen and oxygen atoms in total. The molecule has 0 aliphatic heterocycles. The predicted octanol–water partition coefficient (Wildman–Crippen LogP) is 11.6. The van der Waals surface area contributed by atoms with E-state index in [1.807, 2.05) is 36.4 Å². The van der Waals surface area contributed by atoms with Gasteiger partial charge in [0.15, 0.2) is 5.69 Å². The van der Waals surface area contributed by atoms with E-state index in [0.717, 1.165) is 55.7 Å². The van der Waals surface area contributed by atoms with Gasteiger partial charge in [0.1, 0.15) is 0 Å². The number of aromatic nitrogens is 2. The molecule has 0 spiro atoms. The Morgan fingerprint density at radius 1 is 0.479 bits per heavy atom. The topological polar surface area (TPSA) is 38.0 Å². The van der Waals surface area contributed by atoms with E-state index in [1.165, 1.54) is 21.5 Å². The fourth-order valence-corrected chi connectivity index (χ4v) is 7.26. The van der Waals surface area contributed by atoms with Crippen LogP contribution in [0.25, 0.3) is 82.1 Å². The average molecular weight is 611 g/mol. The lowest BCUT2D eigenvalue weighted by Crippen LogP contribution is -1.98. The number of hydrogen-bond donors (Lipinski definition) is 0. The molecule has 222 valence electrons. The molecule has 0 radical (unpaired) electrons. The molecule has 0 fully saturated rings. The van der Waals surface area contributed by atoms with Gasteiger partial charge in [-0.2, -0.15) is 5.26 Å². The monoisotopic (exact) mass is 610 g/mol. The Kier molecular flexibility index (Phi) is 6.22. The van der Waals surface area contributed by atoms with Crippen molar-refractivity contribution in [2.45, 2.75) is 0 Å². The van der Waals surface area contributed by atoms with Crippen molar-refractivity contribution in [1.82, 2.24) is 9.13 Å². The van der Waals surface area contributed by atoms with E-state index in [2.05, 4.69) is 141 Å². The SMILES string of the molecule is [C-]#[N+]c1ccc(-n2c3ccccc3c3ccccc32)cc1-c1cccc(-c2cc(C#N)ccc2-n2c3ccccc3c3ccccc32)c1. The van der Waals surface area contributed by atoms with Crippen LogP contribution in [0.4, 0.5) is 5.69 Å². The maximum absolute atomic E-state index is 9.95. The normalized spacial score (nSPS) is 11.3. The number of hydrogen-bond acceptors (Lipinski definition) is 1. The summed E-state index contributed by atoms with van der Waals surface area (Å²) in [7, 11) is 0.